The molecule has 24 heavy (non-hydrogen) atoms. The number of carboxylic acids is 1. The lowest BCUT2D eigenvalue weighted by atomic mass is 9.44. The molecule has 3 aliphatic carbocycles. The lowest BCUT2D eigenvalue weighted by Crippen LogP contribution is -2.65. The van der Waals surface area contributed by atoms with Gasteiger partial charge in [0.25, 0.3) is 0 Å². The maximum absolute atomic E-state index is 12.0. The largest absolute Gasteiger partial charge is 0.481 e. The Morgan fingerprint density at radius 2 is 1.92 bits per heavy atom. The molecule has 1 fully saturated rings. The first-order valence-electron chi connectivity index (χ1n) is 9.12. The van der Waals surface area contributed by atoms with E-state index in [1.165, 1.54) is 11.1 Å². The van der Waals surface area contributed by atoms with E-state index < -0.39 is 22.6 Å². The molecule has 0 aliphatic heterocycles. The van der Waals surface area contributed by atoms with Crippen molar-refractivity contribution in [3.8, 4) is 0 Å². The van der Waals surface area contributed by atoms with Crippen LogP contribution in [0.25, 0.3) is 0 Å². The summed E-state index contributed by atoms with van der Waals surface area (Å²) in [4.78, 5) is 12.0. The molecule has 4 nitrogen and oxygen atoms in total. The first kappa shape index (κ1) is 17.7. The van der Waals surface area contributed by atoms with Crippen LogP contribution in [0.2, 0.25) is 0 Å². The van der Waals surface area contributed by atoms with Crippen molar-refractivity contribution in [3.63, 3.8) is 0 Å². The van der Waals surface area contributed by atoms with E-state index in [4.69, 9.17) is 0 Å². The van der Waals surface area contributed by atoms with Gasteiger partial charge >= 0.3 is 5.97 Å². The lowest BCUT2D eigenvalue weighted by molar-refractivity contribution is -0.307. The molecular formula is C20H30O4. The van der Waals surface area contributed by atoms with Crippen molar-refractivity contribution < 1.29 is 20.1 Å². The van der Waals surface area contributed by atoms with Gasteiger partial charge in [-0.05, 0) is 55.9 Å². The summed E-state index contributed by atoms with van der Waals surface area (Å²) >= 11 is 0. The molecule has 4 atom stereocenters. The van der Waals surface area contributed by atoms with Crippen molar-refractivity contribution in [1.82, 2.24) is 0 Å². The van der Waals surface area contributed by atoms with Crippen LogP contribution in [-0.2, 0) is 4.79 Å². The molecule has 1 saturated carbocycles. The van der Waals surface area contributed by atoms with E-state index in [2.05, 4.69) is 26.0 Å². The lowest BCUT2D eigenvalue weighted by Gasteiger charge is -2.61. The summed E-state index contributed by atoms with van der Waals surface area (Å²) in [5, 5.41) is 31.6. The molecule has 3 aliphatic rings. The predicted octanol–water partition coefficient (Wildman–Crippen LogP) is 3.50. The maximum atomic E-state index is 12.0. The van der Waals surface area contributed by atoms with Gasteiger partial charge in [-0.15, -0.1) is 0 Å². The fourth-order valence-electron chi connectivity index (χ4n) is 5.52. The van der Waals surface area contributed by atoms with Gasteiger partial charge in [0.15, 0.2) is 5.79 Å². The second kappa shape index (κ2) is 5.43. The second-order valence-electron chi connectivity index (χ2n) is 8.78. The van der Waals surface area contributed by atoms with Crippen molar-refractivity contribution in [2.45, 2.75) is 65.6 Å². The molecule has 0 bridgehead atoms. The van der Waals surface area contributed by atoms with Crippen molar-refractivity contribution in [2.24, 2.45) is 28.6 Å². The van der Waals surface area contributed by atoms with Crippen molar-refractivity contribution in [3.05, 3.63) is 23.3 Å². The molecule has 134 valence electrons. The third-order valence-electron chi connectivity index (χ3n) is 7.37. The highest BCUT2D eigenvalue weighted by molar-refractivity contribution is 5.75. The van der Waals surface area contributed by atoms with Gasteiger partial charge in [-0.3, -0.25) is 4.79 Å². The van der Waals surface area contributed by atoms with Gasteiger partial charge in [0.05, 0.1) is 5.41 Å². The summed E-state index contributed by atoms with van der Waals surface area (Å²) in [6, 6.07) is 0. The fraction of sp³-hybridized carbons (Fsp3) is 0.750. The number of aliphatic carboxylic acids is 1. The summed E-state index contributed by atoms with van der Waals surface area (Å²) in [5.41, 5.74) is 0.832. The van der Waals surface area contributed by atoms with Crippen molar-refractivity contribution >= 4 is 5.97 Å². The van der Waals surface area contributed by atoms with E-state index >= 15 is 0 Å². The smallest absolute Gasteiger partial charge is 0.309 e. The van der Waals surface area contributed by atoms with Crippen molar-refractivity contribution in [1.29, 1.82) is 0 Å². The topological polar surface area (TPSA) is 77.8 Å². The Kier molecular flexibility index (Phi) is 4.00. The predicted molar refractivity (Wildman–Crippen MR) is 92.1 cm³/mol. The molecule has 0 saturated heterocycles. The molecule has 0 aromatic heterocycles. The number of carbonyl (C=O) groups is 1. The van der Waals surface area contributed by atoms with E-state index in [1.54, 1.807) is 6.92 Å². The quantitative estimate of drug-likeness (QED) is 0.676. The molecule has 0 unspecified atom stereocenters. The number of rotatable bonds is 2. The molecule has 0 aromatic rings. The van der Waals surface area contributed by atoms with E-state index in [0.29, 0.717) is 18.8 Å². The molecule has 3 rings (SSSR count). The van der Waals surface area contributed by atoms with E-state index in [0.717, 1.165) is 12.8 Å². The summed E-state index contributed by atoms with van der Waals surface area (Å²) in [7, 11) is 0. The average molecular weight is 334 g/mol. The third-order valence-corrected chi connectivity index (χ3v) is 7.37. The fourth-order valence-corrected chi connectivity index (χ4v) is 5.52. The zero-order chi connectivity index (χ0) is 17.9. The third kappa shape index (κ3) is 2.22. The van der Waals surface area contributed by atoms with E-state index in [1.807, 2.05) is 6.92 Å². The minimum absolute atomic E-state index is 0.00715. The van der Waals surface area contributed by atoms with Crippen LogP contribution in [0.4, 0.5) is 0 Å². The monoisotopic (exact) mass is 334 g/mol. The molecule has 0 amide bonds. The number of allylic oxidation sites excluding steroid dienone is 4. The Morgan fingerprint density at radius 1 is 1.25 bits per heavy atom. The number of aliphatic hydroxyl groups is 2. The van der Waals surface area contributed by atoms with Crippen LogP contribution in [0.1, 0.15) is 59.8 Å². The first-order valence-corrected chi connectivity index (χ1v) is 9.12. The highest BCUT2D eigenvalue weighted by atomic mass is 16.5. The van der Waals surface area contributed by atoms with Gasteiger partial charge < -0.3 is 15.3 Å². The maximum Gasteiger partial charge on any atom is 0.309 e. The average Bonchev–Trinajstić information content (AvgIpc) is 2.51. The normalized spacial score (nSPS) is 41.1. The zero-order valence-electron chi connectivity index (χ0n) is 15.2. The summed E-state index contributed by atoms with van der Waals surface area (Å²) in [5.74, 6) is -2.41. The van der Waals surface area contributed by atoms with Crippen LogP contribution < -0.4 is 0 Å². The van der Waals surface area contributed by atoms with Crippen molar-refractivity contribution in [2.75, 3.05) is 0 Å². The molecule has 0 radical (unpaired) electrons. The van der Waals surface area contributed by atoms with Crippen LogP contribution in [0.3, 0.4) is 0 Å². The number of carboxylic acid groups (broad SMARTS) is 1. The van der Waals surface area contributed by atoms with Gasteiger partial charge in [-0.1, -0.05) is 38.5 Å². The standard InChI is InChI=1S/C20H30O4/c1-12(2)13-5-7-15-14(11-13)6-8-16-18(3,17(21)22)9-10-20(23,24)19(15,16)4/h6,11-12,15-16,23-24H,5,7-10H2,1-4H3,(H,21,22)/t15-,16-,18+,19+/m0/s1. The van der Waals surface area contributed by atoms with Gasteiger partial charge in [0, 0.05) is 11.8 Å². The Hall–Kier alpha value is -1.13. The molecule has 4 heteroatoms. The molecule has 3 N–H and O–H groups in total. The van der Waals surface area contributed by atoms with Crippen LogP contribution in [0.15, 0.2) is 23.3 Å². The van der Waals surface area contributed by atoms with Crippen LogP contribution >= 0.6 is 0 Å². The van der Waals surface area contributed by atoms with E-state index in [-0.39, 0.29) is 18.3 Å². The highest BCUT2D eigenvalue weighted by Crippen LogP contribution is 2.64. The zero-order valence-corrected chi connectivity index (χ0v) is 15.2. The number of hydrogen-bond donors (Lipinski definition) is 3. The highest BCUT2D eigenvalue weighted by Gasteiger charge is 2.66. The van der Waals surface area contributed by atoms with Crippen LogP contribution in [0, 0.1) is 28.6 Å². The number of hydrogen-bond acceptors (Lipinski definition) is 3. The molecule has 0 heterocycles. The summed E-state index contributed by atoms with van der Waals surface area (Å²) in [6.45, 7) is 8.06. The summed E-state index contributed by atoms with van der Waals surface area (Å²) < 4.78 is 0. The SMILES string of the molecule is CC(C)C1=CC2=CC[C@@H]3[C@@](C)([C@H]2CC1)C(O)(O)CC[C@@]3(C)C(=O)O. The summed E-state index contributed by atoms with van der Waals surface area (Å²) in [6.07, 6.45) is 7.20. The van der Waals surface area contributed by atoms with E-state index in [9.17, 15) is 20.1 Å². The minimum atomic E-state index is -1.82. The Morgan fingerprint density at radius 3 is 2.50 bits per heavy atom. The van der Waals surface area contributed by atoms with Gasteiger partial charge in [0.2, 0.25) is 0 Å². The van der Waals surface area contributed by atoms with Crippen LogP contribution in [-0.4, -0.2) is 27.1 Å². The number of fused-ring (bicyclic) bond motifs is 3. The molecule has 0 aromatic carbocycles. The Labute approximate surface area is 144 Å². The van der Waals surface area contributed by atoms with Gasteiger partial charge in [-0.2, -0.15) is 0 Å². The second-order valence-corrected chi connectivity index (χ2v) is 8.78. The minimum Gasteiger partial charge on any atom is -0.481 e. The Bertz CT molecular complexity index is 615. The Balaban J connectivity index is 2.11. The molecular weight excluding hydrogens is 304 g/mol. The van der Waals surface area contributed by atoms with Crippen LogP contribution in [0.5, 0.6) is 0 Å². The van der Waals surface area contributed by atoms with Gasteiger partial charge in [-0.25, -0.2) is 0 Å². The molecule has 0 spiro atoms. The first-order chi connectivity index (χ1) is 11.0. The van der Waals surface area contributed by atoms with Gasteiger partial charge in [0.1, 0.15) is 0 Å².